The van der Waals surface area contributed by atoms with Gasteiger partial charge in [0.2, 0.25) is 0 Å². The largest absolute Gasteiger partial charge is 0.496 e. The Balaban J connectivity index is 2.27. The number of ketones is 1. The Morgan fingerprint density at radius 3 is 2.68 bits per heavy atom. The Morgan fingerprint density at radius 2 is 2.11 bits per heavy atom. The molecule has 19 heavy (non-hydrogen) atoms. The molecule has 0 amide bonds. The van der Waals surface area contributed by atoms with E-state index in [0.717, 1.165) is 22.6 Å². The van der Waals surface area contributed by atoms with E-state index in [0.29, 0.717) is 5.69 Å². The van der Waals surface area contributed by atoms with Gasteiger partial charge in [-0.15, -0.1) is 0 Å². The van der Waals surface area contributed by atoms with Crippen molar-refractivity contribution in [1.29, 1.82) is 0 Å². The van der Waals surface area contributed by atoms with E-state index >= 15 is 0 Å². The summed E-state index contributed by atoms with van der Waals surface area (Å²) in [5, 5.41) is 0. The zero-order valence-electron chi connectivity index (χ0n) is 11.6. The maximum atomic E-state index is 12.1. The van der Waals surface area contributed by atoms with Gasteiger partial charge >= 0.3 is 0 Å². The summed E-state index contributed by atoms with van der Waals surface area (Å²) >= 11 is 0. The van der Waals surface area contributed by atoms with Crippen LogP contribution < -0.4 is 4.74 Å². The van der Waals surface area contributed by atoms with E-state index in [2.05, 4.69) is 9.97 Å². The molecule has 0 saturated carbocycles. The van der Waals surface area contributed by atoms with Crippen LogP contribution in [0.15, 0.2) is 18.7 Å². The first-order chi connectivity index (χ1) is 9.02. The average Bonchev–Trinajstić information content (AvgIpc) is 2.80. The molecular formula is C14H17N3O2. The number of imidazole rings is 1. The smallest absolute Gasteiger partial charge is 0.188 e. The molecule has 2 aromatic heterocycles. The Bertz CT molecular complexity index is 617. The van der Waals surface area contributed by atoms with E-state index in [4.69, 9.17) is 4.74 Å². The first kappa shape index (κ1) is 13.3. The molecule has 5 heteroatoms. The molecule has 2 rings (SSSR count). The van der Waals surface area contributed by atoms with Crippen LogP contribution in [0.2, 0.25) is 0 Å². The number of rotatable bonds is 4. The van der Waals surface area contributed by atoms with Crippen LogP contribution in [0.5, 0.6) is 5.75 Å². The fourth-order valence-corrected chi connectivity index (χ4v) is 2.05. The molecule has 0 atom stereocenters. The van der Waals surface area contributed by atoms with E-state index < -0.39 is 0 Å². The highest BCUT2D eigenvalue weighted by molar-refractivity contribution is 5.95. The lowest BCUT2D eigenvalue weighted by Crippen LogP contribution is -2.08. The summed E-state index contributed by atoms with van der Waals surface area (Å²) < 4.78 is 7.09. The predicted molar refractivity (Wildman–Crippen MR) is 71.5 cm³/mol. The average molecular weight is 259 g/mol. The van der Waals surface area contributed by atoms with Gasteiger partial charge in [0.05, 0.1) is 25.6 Å². The molecule has 5 nitrogen and oxygen atoms in total. The SMILES string of the molecule is COc1c(C)cnc(CC(=O)c2cn(C)cn2)c1C. The van der Waals surface area contributed by atoms with Crippen LogP contribution in [-0.4, -0.2) is 27.4 Å². The molecule has 0 unspecified atom stereocenters. The minimum atomic E-state index is -0.0397. The molecule has 0 N–H and O–H groups in total. The first-order valence-electron chi connectivity index (χ1n) is 6.03. The first-order valence-corrected chi connectivity index (χ1v) is 6.03. The highest BCUT2D eigenvalue weighted by Crippen LogP contribution is 2.24. The van der Waals surface area contributed by atoms with Gasteiger partial charge in [0.1, 0.15) is 11.4 Å². The van der Waals surface area contributed by atoms with Crippen LogP contribution in [0.4, 0.5) is 0 Å². The van der Waals surface area contributed by atoms with Crippen LogP contribution in [0.1, 0.15) is 27.3 Å². The minimum absolute atomic E-state index is 0.0397. The molecule has 0 bridgehead atoms. The van der Waals surface area contributed by atoms with Crippen molar-refractivity contribution in [2.75, 3.05) is 7.11 Å². The van der Waals surface area contributed by atoms with Gasteiger partial charge in [-0.1, -0.05) is 0 Å². The third-order valence-electron chi connectivity index (χ3n) is 3.07. The Labute approximate surface area is 112 Å². The maximum Gasteiger partial charge on any atom is 0.188 e. The summed E-state index contributed by atoms with van der Waals surface area (Å²) in [7, 11) is 3.46. The number of nitrogens with zero attached hydrogens (tertiary/aromatic N) is 3. The lowest BCUT2D eigenvalue weighted by Gasteiger charge is -2.11. The van der Waals surface area contributed by atoms with E-state index in [1.54, 1.807) is 30.4 Å². The summed E-state index contributed by atoms with van der Waals surface area (Å²) in [6.45, 7) is 3.85. The van der Waals surface area contributed by atoms with Crippen molar-refractivity contribution < 1.29 is 9.53 Å². The zero-order chi connectivity index (χ0) is 14.0. The van der Waals surface area contributed by atoms with Crippen molar-refractivity contribution in [3.05, 3.63) is 41.2 Å². The molecule has 0 fully saturated rings. The number of pyridine rings is 1. The monoisotopic (exact) mass is 259 g/mol. The fourth-order valence-electron chi connectivity index (χ4n) is 2.05. The summed E-state index contributed by atoms with van der Waals surface area (Å²) in [5.41, 5.74) is 3.07. The second kappa shape index (κ2) is 5.22. The van der Waals surface area contributed by atoms with Crippen molar-refractivity contribution in [1.82, 2.24) is 14.5 Å². The molecular weight excluding hydrogens is 242 g/mol. The second-order valence-electron chi connectivity index (χ2n) is 4.57. The summed E-state index contributed by atoms with van der Waals surface area (Å²) in [5.74, 6) is 0.751. The number of methoxy groups -OCH3 is 1. The number of Topliss-reactive ketones (excluding diaryl/α,β-unsaturated/α-hetero) is 1. The van der Waals surface area contributed by atoms with Crippen LogP contribution in [0, 0.1) is 13.8 Å². The summed E-state index contributed by atoms with van der Waals surface area (Å²) in [4.78, 5) is 20.5. The molecule has 2 aromatic rings. The zero-order valence-corrected chi connectivity index (χ0v) is 11.6. The van der Waals surface area contributed by atoms with Crippen molar-refractivity contribution in [2.24, 2.45) is 7.05 Å². The van der Waals surface area contributed by atoms with Crippen molar-refractivity contribution in [3.63, 3.8) is 0 Å². The van der Waals surface area contributed by atoms with Gasteiger partial charge in [0.25, 0.3) is 0 Å². The Morgan fingerprint density at radius 1 is 1.37 bits per heavy atom. The van der Waals surface area contributed by atoms with Crippen LogP contribution in [0.25, 0.3) is 0 Å². The lowest BCUT2D eigenvalue weighted by atomic mass is 10.1. The van der Waals surface area contributed by atoms with Gasteiger partial charge in [-0.25, -0.2) is 4.98 Å². The summed E-state index contributed by atoms with van der Waals surface area (Å²) in [6.07, 6.45) is 5.29. The number of carbonyl (C=O) groups excluding carboxylic acids is 1. The molecule has 0 radical (unpaired) electrons. The number of hydrogen-bond acceptors (Lipinski definition) is 4. The lowest BCUT2D eigenvalue weighted by molar-refractivity contribution is 0.0987. The number of aryl methyl sites for hydroxylation is 2. The Kier molecular flexibility index (Phi) is 3.64. The van der Waals surface area contributed by atoms with Gasteiger partial charge in [-0.3, -0.25) is 9.78 Å². The Hall–Kier alpha value is -2.17. The van der Waals surface area contributed by atoms with E-state index in [-0.39, 0.29) is 12.2 Å². The fraction of sp³-hybridized carbons (Fsp3) is 0.357. The quantitative estimate of drug-likeness (QED) is 0.786. The molecule has 0 aliphatic heterocycles. The normalized spacial score (nSPS) is 10.5. The van der Waals surface area contributed by atoms with Crippen LogP contribution >= 0.6 is 0 Å². The van der Waals surface area contributed by atoms with Gasteiger partial charge in [0, 0.05) is 30.6 Å². The standard InChI is InChI=1S/C14H17N3O2/c1-9-6-15-11(10(2)14(9)19-4)5-13(18)12-7-17(3)8-16-12/h6-8H,5H2,1-4H3. The molecule has 100 valence electrons. The van der Waals surface area contributed by atoms with Gasteiger partial charge in [0.15, 0.2) is 5.78 Å². The number of aromatic nitrogens is 3. The highest BCUT2D eigenvalue weighted by atomic mass is 16.5. The van der Waals surface area contributed by atoms with Crippen molar-refractivity contribution >= 4 is 5.78 Å². The predicted octanol–water partition coefficient (Wildman–Crippen LogP) is 1.87. The van der Waals surface area contributed by atoms with Crippen LogP contribution in [0.3, 0.4) is 0 Å². The summed E-state index contributed by atoms with van der Waals surface area (Å²) in [6, 6.07) is 0. The molecule has 0 aliphatic carbocycles. The third kappa shape index (κ3) is 2.65. The van der Waals surface area contributed by atoms with E-state index in [1.807, 2.05) is 20.9 Å². The second-order valence-corrected chi connectivity index (χ2v) is 4.57. The van der Waals surface area contributed by atoms with Gasteiger partial charge in [-0.2, -0.15) is 0 Å². The number of ether oxygens (including phenoxy) is 1. The maximum absolute atomic E-state index is 12.1. The molecule has 0 saturated heterocycles. The molecule has 2 heterocycles. The van der Waals surface area contributed by atoms with Crippen molar-refractivity contribution in [2.45, 2.75) is 20.3 Å². The van der Waals surface area contributed by atoms with Crippen molar-refractivity contribution in [3.8, 4) is 5.75 Å². The molecule has 0 aromatic carbocycles. The van der Waals surface area contributed by atoms with E-state index in [9.17, 15) is 4.79 Å². The molecule has 0 aliphatic rings. The van der Waals surface area contributed by atoms with E-state index in [1.165, 1.54) is 0 Å². The third-order valence-corrected chi connectivity index (χ3v) is 3.07. The minimum Gasteiger partial charge on any atom is -0.496 e. The highest BCUT2D eigenvalue weighted by Gasteiger charge is 2.15. The van der Waals surface area contributed by atoms with Crippen LogP contribution in [-0.2, 0) is 13.5 Å². The van der Waals surface area contributed by atoms with Gasteiger partial charge < -0.3 is 9.30 Å². The number of carbonyl (C=O) groups is 1. The van der Waals surface area contributed by atoms with Gasteiger partial charge in [-0.05, 0) is 13.8 Å². The molecule has 0 spiro atoms. The topological polar surface area (TPSA) is 57.0 Å². The number of hydrogen-bond donors (Lipinski definition) is 0.